The summed E-state index contributed by atoms with van der Waals surface area (Å²) < 4.78 is 0. The number of unbranched alkanes of at least 4 members (excludes halogenated alkanes) is 1. The van der Waals surface area contributed by atoms with Crippen molar-refractivity contribution in [1.82, 2.24) is 21.3 Å². The van der Waals surface area contributed by atoms with Gasteiger partial charge in [0.05, 0.1) is 24.4 Å². The van der Waals surface area contributed by atoms with Crippen molar-refractivity contribution in [3.05, 3.63) is 35.9 Å². The van der Waals surface area contributed by atoms with Gasteiger partial charge in [-0.25, -0.2) is 4.79 Å². The van der Waals surface area contributed by atoms with Gasteiger partial charge in [-0.2, -0.15) is 0 Å². The van der Waals surface area contributed by atoms with E-state index in [1.54, 1.807) is 13.8 Å². The van der Waals surface area contributed by atoms with E-state index < -0.39 is 47.4 Å². The van der Waals surface area contributed by atoms with E-state index in [0.717, 1.165) is 18.4 Å². The lowest BCUT2D eigenvalue weighted by molar-refractivity contribution is -0.137. The molecule has 0 aromatic heterocycles. The molecule has 1 heterocycles. The number of nitrogens with one attached hydrogen (secondary N) is 4. The third-order valence-electron chi connectivity index (χ3n) is 5.75. The van der Waals surface area contributed by atoms with Crippen LogP contribution in [-0.4, -0.2) is 42.1 Å². The van der Waals surface area contributed by atoms with E-state index in [1.165, 1.54) is 6.92 Å². The fourth-order valence-electron chi connectivity index (χ4n) is 3.77. The molecule has 1 aromatic carbocycles. The summed E-state index contributed by atoms with van der Waals surface area (Å²) in [6.45, 7) is 7.59. The van der Waals surface area contributed by atoms with Gasteiger partial charge in [0.2, 0.25) is 17.7 Å². The largest absolute Gasteiger partial charge is 0.346 e. The molecule has 9 heteroatoms. The van der Waals surface area contributed by atoms with Crippen molar-refractivity contribution in [1.29, 1.82) is 0 Å². The molecule has 4 N–H and O–H groups in total. The minimum absolute atomic E-state index is 0.0902. The second kappa shape index (κ2) is 12.1. The molecule has 0 unspecified atom stereocenters. The zero-order valence-corrected chi connectivity index (χ0v) is 19.6. The topological polar surface area (TPSA) is 133 Å². The lowest BCUT2D eigenvalue weighted by Crippen LogP contribution is -2.50. The number of rotatable bonds is 11. The summed E-state index contributed by atoms with van der Waals surface area (Å²) in [5.41, 5.74) is 0.750. The summed E-state index contributed by atoms with van der Waals surface area (Å²) in [7, 11) is 0. The molecule has 33 heavy (non-hydrogen) atoms. The number of hydrogen-bond donors (Lipinski definition) is 4. The highest BCUT2D eigenvalue weighted by Crippen LogP contribution is 2.24. The molecule has 1 aliphatic rings. The van der Waals surface area contributed by atoms with E-state index in [9.17, 15) is 24.0 Å². The maximum absolute atomic E-state index is 13.1. The molecule has 0 aliphatic carbocycles. The van der Waals surface area contributed by atoms with Crippen molar-refractivity contribution >= 4 is 29.5 Å². The number of amides is 5. The highest BCUT2D eigenvalue weighted by Gasteiger charge is 2.46. The van der Waals surface area contributed by atoms with Gasteiger partial charge in [-0.15, -0.1) is 0 Å². The average molecular weight is 459 g/mol. The molecular formula is C24H34N4O5. The fourth-order valence-corrected chi connectivity index (χ4v) is 3.77. The lowest BCUT2D eigenvalue weighted by Gasteiger charge is -2.26. The van der Waals surface area contributed by atoms with E-state index in [-0.39, 0.29) is 18.4 Å². The van der Waals surface area contributed by atoms with Crippen LogP contribution in [-0.2, 0) is 19.2 Å². The van der Waals surface area contributed by atoms with Crippen LogP contribution in [0.1, 0.15) is 58.6 Å². The molecule has 0 saturated carbocycles. The summed E-state index contributed by atoms with van der Waals surface area (Å²) in [5.74, 6) is -4.26. The third-order valence-corrected chi connectivity index (χ3v) is 5.75. The van der Waals surface area contributed by atoms with Crippen molar-refractivity contribution in [2.45, 2.75) is 59.0 Å². The standard InChI is InChI=1S/C24H34N4O5/c1-5-6-12-25-24(33)26-17(16-10-8-7-9-11-16)13-18(29)27-20(14(2)3)21(30)19-15(4)22(31)28-23(19)32/h7-11,14-15,17,19-20H,5-6,12-13H2,1-4H3,(H,27,29)(H2,25,26,33)(H,28,31,32)/t15-,17-,19+,20-/m0/s1. The van der Waals surface area contributed by atoms with Gasteiger partial charge in [0.25, 0.3) is 0 Å². The number of Topliss-reactive ketones (excluding diaryl/α,β-unsaturated/α-hetero) is 1. The third kappa shape index (κ3) is 7.13. The SMILES string of the molecule is CCCCNC(=O)N[C@@H](CC(=O)N[C@H](C(=O)[C@@H]1C(=O)NC(=O)[C@H]1C)C(C)C)c1ccccc1. The minimum atomic E-state index is -1.13. The number of imide groups is 1. The number of benzene rings is 1. The lowest BCUT2D eigenvalue weighted by atomic mass is 9.85. The first-order valence-electron chi connectivity index (χ1n) is 11.4. The molecular weight excluding hydrogens is 424 g/mol. The summed E-state index contributed by atoms with van der Waals surface area (Å²) in [6.07, 6.45) is 1.70. The van der Waals surface area contributed by atoms with E-state index in [1.807, 2.05) is 37.3 Å². The summed E-state index contributed by atoms with van der Waals surface area (Å²) >= 11 is 0. The van der Waals surface area contributed by atoms with Crippen molar-refractivity contribution in [3.63, 3.8) is 0 Å². The van der Waals surface area contributed by atoms with Gasteiger partial charge < -0.3 is 16.0 Å². The van der Waals surface area contributed by atoms with Gasteiger partial charge in [-0.1, -0.05) is 64.4 Å². The first-order valence-corrected chi connectivity index (χ1v) is 11.4. The van der Waals surface area contributed by atoms with Crippen LogP contribution >= 0.6 is 0 Å². The Morgan fingerprint density at radius 3 is 2.24 bits per heavy atom. The Morgan fingerprint density at radius 1 is 1.03 bits per heavy atom. The maximum atomic E-state index is 13.1. The minimum Gasteiger partial charge on any atom is -0.346 e. The van der Waals surface area contributed by atoms with Crippen LogP contribution in [0.15, 0.2) is 30.3 Å². The molecule has 1 aromatic rings. The van der Waals surface area contributed by atoms with Gasteiger partial charge in [-0.3, -0.25) is 24.5 Å². The van der Waals surface area contributed by atoms with E-state index >= 15 is 0 Å². The fraction of sp³-hybridized carbons (Fsp3) is 0.542. The van der Waals surface area contributed by atoms with Crippen LogP contribution < -0.4 is 21.3 Å². The molecule has 5 amide bonds. The second-order valence-corrected chi connectivity index (χ2v) is 8.73. The van der Waals surface area contributed by atoms with Gasteiger partial charge in [0.1, 0.15) is 5.92 Å². The van der Waals surface area contributed by atoms with Crippen LogP contribution in [0.4, 0.5) is 4.79 Å². The molecule has 2 rings (SSSR count). The smallest absolute Gasteiger partial charge is 0.315 e. The molecule has 1 saturated heterocycles. The number of urea groups is 1. The maximum Gasteiger partial charge on any atom is 0.315 e. The normalized spacial score (nSPS) is 19.5. The molecule has 1 fully saturated rings. The molecule has 4 atom stereocenters. The molecule has 1 aliphatic heterocycles. The Morgan fingerprint density at radius 2 is 1.70 bits per heavy atom. The summed E-state index contributed by atoms with van der Waals surface area (Å²) in [4.78, 5) is 62.2. The average Bonchev–Trinajstić information content (AvgIpc) is 3.03. The monoisotopic (exact) mass is 458 g/mol. The van der Waals surface area contributed by atoms with Gasteiger partial charge in [0, 0.05) is 6.54 Å². The van der Waals surface area contributed by atoms with Crippen molar-refractivity contribution in [2.24, 2.45) is 17.8 Å². The first-order chi connectivity index (χ1) is 15.6. The van der Waals surface area contributed by atoms with Crippen molar-refractivity contribution in [3.8, 4) is 0 Å². The Balaban J connectivity index is 2.11. The quantitative estimate of drug-likeness (QED) is 0.228. The summed E-state index contributed by atoms with van der Waals surface area (Å²) in [5, 5.41) is 10.5. The van der Waals surface area contributed by atoms with Crippen LogP contribution in [0.25, 0.3) is 0 Å². The Kier molecular flexibility index (Phi) is 9.57. The van der Waals surface area contributed by atoms with Gasteiger partial charge in [-0.05, 0) is 17.9 Å². The van der Waals surface area contributed by atoms with Crippen LogP contribution in [0.5, 0.6) is 0 Å². The van der Waals surface area contributed by atoms with Crippen molar-refractivity contribution < 1.29 is 24.0 Å². The highest BCUT2D eigenvalue weighted by atomic mass is 16.2. The predicted molar refractivity (Wildman–Crippen MR) is 123 cm³/mol. The highest BCUT2D eigenvalue weighted by molar-refractivity contribution is 6.16. The number of carbonyl (C=O) groups excluding carboxylic acids is 5. The van der Waals surface area contributed by atoms with E-state index in [0.29, 0.717) is 6.54 Å². The first kappa shape index (κ1) is 26.0. The predicted octanol–water partition coefficient (Wildman–Crippen LogP) is 1.84. The number of hydrogen-bond acceptors (Lipinski definition) is 5. The Bertz CT molecular complexity index is 871. The number of carbonyl (C=O) groups is 5. The second-order valence-electron chi connectivity index (χ2n) is 8.73. The van der Waals surface area contributed by atoms with Gasteiger partial charge >= 0.3 is 6.03 Å². The molecule has 0 bridgehead atoms. The van der Waals surface area contributed by atoms with Crippen LogP contribution in [0.3, 0.4) is 0 Å². The zero-order chi connectivity index (χ0) is 24.5. The van der Waals surface area contributed by atoms with E-state index in [4.69, 9.17) is 0 Å². The van der Waals surface area contributed by atoms with Crippen LogP contribution in [0, 0.1) is 17.8 Å². The number of ketones is 1. The van der Waals surface area contributed by atoms with Crippen LogP contribution in [0.2, 0.25) is 0 Å². The molecule has 9 nitrogen and oxygen atoms in total. The van der Waals surface area contributed by atoms with Crippen molar-refractivity contribution in [2.75, 3.05) is 6.54 Å². The van der Waals surface area contributed by atoms with Gasteiger partial charge in [0.15, 0.2) is 5.78 Å². The van der Waals surface area contributed by atoms with E-state index in [2.05, 4.69) is 21.3 Å². The zero-order valence-electron chi connectivity index (χ0n) is 19.6. The molecule has 0 spiro atoms. The Hall–Kier alpha value is -3.23. The Labute approximate surface area is 194 Å². The summed E-state index contributed by atoms with van der Waals surface area (Å²) in [6, 6.07) is 7.17. The molecule has 0 radical (unpaired) electrons. The molecule has 180 valence electrons.